The molecule has 0 bridgehead atoms. The molecule has 6 nitrogen and oxygen atoms in total. The first-order chi connectivity index (χ1) is 11.1. The Morgan fingerprint density at radius 2 is 2.30 bits per heavy atom. The van der Waals surface area contributed by atoms with Crippen LogP contribution in [0.1, 0.15) is 15.2 Å². The number of esters is 1. The van der Waals surface area contributed by atoms with Crippen LogP contribution in [0.5, 0.6) is 5.75 Å². The van der Waals surface area contributed by atoms with Gasteiger partial charge in [-0.2, -0.15) is 0 Å². The highest BCUT2D eigenvalue weighted by molar-refractivity contribution is 7.17. The SMILES string of the molecule is COC(=O)c1cnc(NC(=O)[C@@H]2COc3ccc(Cl)cc3C2)s1. The molecule has 120 valence electrons. The van der Waals surface area contributed by atoms with Crippen molar-refractivity contribution >= 4 is 39.9 Å². The Kier molecular flexibility index (Phi) is 4.49. The van der Waals surface area contributed by atoms with Crippen molar-refractivity contribution in [3.05, 3.63) is 39.9 Å². The molecular formula is C15H13ClN2O4S. The smallest absolute Gasteiger partial charge is 0.349 e. The van der Waals surface area contributed by atoms with E-state index in [1.54, 1.807) is 18.2 Å². The lowest BCUT2D eigenvalue weighted by atomic mass is 9.96. The van der Waals surface area contributed by atoms with Gasteiger partial charge in [0.2, 0.25) is 5.91 Å². The summed E-state index contributed by atoms with van der Waals surface area (Å²) in [5.41, 5.74) is 0.901. The molecule has 1 amide bonds. The van der Waals surface area contributed by atoms with E-state index in [-0.39, 0.29) is 18.4 Å². The van der Waals surface area contributed by atoms with Gasteiger partial charge in [0, 0.05) is 5.02 Å². The summed E-state index contributed by atoms with van der Waals surface area (Å²) in [5.74, 6) is -0.277. The van der Waals surface area contributed by atoms with Crippen LogP contribution in [-0.2, 0) is 16.0 Å². The molecule has 0 unspecified atom stereocenters. The van der Waals surface area contributed by atoms with Gasteiger partial charge in [0.25, 0.3) is 0 Å². The minimum Gasteiger partial charge on any atom is -0.492 e. The Labute approximate surface area is 141 Å². The molecule has 0 saturated heterocycles. The molecular weight excluding hydrogens is 340 g/mol. The minimum atomic E-state index is -0.479. The largest absolute Gasteiger partial charge is 0.492 e. The first-order valence-corrected chi connectivity index (χ1v) is 8.02. The molecule has 0 spiro atoms. The van der Waals surface area contributed by atoms with E-state index < -0.39 is 5.97 Å². The number of nitrogens with one attached hydrogen (secondary N) is 1. The van der Waals surface area contributed by atoms with Gasteiger partial charge in [-0.3, -0.25) is 4.79 Å². The number of methoxy groups -OCH3 is 1. The maximum Gasteiger partial charge on any atom is 0.349 e. The Morgan fingerprint density at radius 1 is 1.48 bits per heavy atom. The first kappa shape index (κ1) is 15.8. The second kappa shape index (κ2) is 6.55. The summed E-state index contributed by atoms with van der Waals surface area (Å²) in [7, 11) is 1.29. The molecule has 1 aromatic carbocycles. The second-order valence-electron chi connectivity index (χ2n) is 4.97. The third-order valence-corrected chi connectivity index (χ3v) is 4.55. The number of aromatic nitrogens is 1. The number of nitrogens with zero attached hydrogens (tertiary/aromatic N) is 1. The van der Waals surface area contributed by atoms with Crippen molar-refractivity contribution in [3.63, 3.8) is 0 Å². The van der Waals surface area contributed by atoms with Gasteiger partial charge in [0.1, 0.15) is 17.2 Å². The molecule has 23 heavy (non-hydrogen) atoms. The lowest BCUT2D eigenvalue weighted by molar-refractivity contribution is -0.121. The van der Waals surface area contributed by atoms with E-state index in [4.69, 9.17) is 16.3 Å². The summed E-state index contributed by atoms with van der Waals surface area (Å²) in [4.78, 5) is 28.1. The molecule has 1 N–H and O–H groups in total. The number of ether oxygens (including phenoxy) is 2. The quantitative estimate of drug-likeness (QED) is 0.859. The van der Waals surface area contributed by atoms with Gasteiger partial charge < -0.3 is 14.8 Å². The fourth-order valence-corrected chi connectivity index (χ4v) is 3.20. The number of halogens is 1. The predicted molar refractivity (Wildman–Crippen MR) is 86.2 cm³/mol. The van der Waals surface area contributed by atoms with Crippen molar-refractivity contribution in [2.24, 2.45) is 5.92 Å². The van der Waals surface area contributed by atoms with Crippen LogP contribution in [0.3, 0.4) is 0 Å². The van der Waals surface area contributed by atoms with Gasteiger partial charge in [-0.25, -0.2) is 9.78 Å². The number of benzene rings is 1. The number of carbonyl (C=O) groups is 2. The summed E-state index contributed by atoms with van der Waals surface area (Å²) >= 11 is 7.04. The Hall–Kier alpha value is -2.12. The fraction of sp³-hybridized carbons (Fsp3) is 0.267. The number of fused-ring (bicyclic) bond motifs is 1. The van der Waals surface area contributed by atoms with Crippen molar-refractivity contribution in [1.82, 2.24) is 4.98 Å². The maximum atomic E-state index is 12.3. The monoisotopic (exact) mass is 352 g/mol. The molecule has 0 radical (unpaired) electrons. The molecule has 2 aromatic rings. The van der Waals surface area contributed by atoms with E-state index in [0.717, 1.165) is 22.6 Å². The molecule has 2 heterocycles. The van der Waals surface area contributed by atoms with Gasteiger partial charge in [0.15, 0.2) is 5.13 Å². The Bertz CT molecular complexity index is 762. The van der Waals surface area contributed by atoms with E-state index in [1.807, 2.05) is 0 Å². The van der Waals surface area contributed by atoms with E-state index in [2.05, 4.69) is 15.0 Å². The molecule has 1 atom stereocenters. The lowest BCUT2D eigenvalue weighted by Crippen LogP contribution is -2.32. The number of rotatable bonds is 3. The Morgan fingerprint density at radius 3 is 3.09 bits per heavy atom. The van der Waals surface area contributed by atoms with Crippen LogP contribution in [-0.4, -0.2) is 30.6 Å². The molecule has 3 rings (SSSR count). The standard InChI is InChI=1S/C15H13ClN2O4S/c1-21-14(20)12-6-17-15(23-12)18-13(19)9-4-8-5-10(16)2-3-11(8)22-7-9/h2-3,5-6,9H,4,7H2,1H3,(H,17,18,19)/t9-/m0/s1. The van der Waals surface area contributed by atoms with Crippen LogP contribution in [0.15, 0.2) is 24.4 Å². The minimum absolute atomic E-state index is 0.207. The lowest BCUT2D eigenvalue weighted by Gasteiger charge is -2.24. The predicted octanol–water partition coefficient (Wildman–Crippen LogP) is 2.77. The molecule has 0 aliphatic carbocycles. The van der Waals surface area contributed by atoms with Gasteiger partial charge >= 0.3 is 5.97 Å². The molecule has 1 aromatic heterocycles. The van der Waals surface area contributed by atoms with E-state index in [9.17, 15) is 9.59 Å². The highest BCUT2D eigenvalue weighted by Gasteiger charge is 2.27. The van der Waals surface area contributed by atoms with Crippen LogP contribution in [0.4, 0.5) is 5.13 Å². The molecule has 8 heteroatoms. The van der Waals surface area contributed by atoms with Crippen molar-refractivity contribution in [2.45, 2.75) is 6.42 Å². The second-order valence-corrected chi connectivity index (χ2v) is 6.44. The molecule has 1 aliphatic heterocycles. The van der Waals surface area contributed by atoms with E-state index in [0.29, 0.717) is 21.5 Å². The summed E-state index contributed by atoms with van der Waals surface area (Å²) in [5, 5.41) is 3.67. The highest BCUT2D eigenvalue weighted by atomic mass is 35.5. The third-order valence-electron chi connectivity index (χ3n) is 3.42. The van der Waals surface area contributed by atoms with E-state index >= 15 is 0 Å². The van der Waals surface area contributed by atoms with Gasteiger partial charge in [-0.15, -0.1) is 0 Å². The van der Waals surface area contributed by atoms with Crippen molar-refractivity contribution in [3.8, 4) is 5.75 Å². The number of amides is 1. The van der Waals surface area contributed by atoms with Crippen LogP contribution in [0.25, 0.3) is 0 Å². The Balaban J connectivity index is 1.67. The van der Waals surface area contributed by atoms with E-state index in [1.165, 1.54) is 13.3 Å². The average Bonchev–Trinajstić information content (AvgIpc) is 3.01. The number of thiazole rings is 1. The zero-order chi connectivity index (χ0) is 16.4. The highest BCUT2D eigenvalue weighted by Crippen LogP contribution is 2.30. The number of hydrogen-bond donors (Lipinski definition) is 1. The first-order valence-electron chi connectivity index (χ1n) is 6.83. The maximum absolute atomic E-state index is 12.3. The molecule has 0 fully saturated rings. The third kappa shape index (κ3) is 3.46. The zero-order valence-electron chi connectivity index (χ0n) is 12.2. The van der Waals surface area contributed by atoms with Gasteiger partial charge in [-0.1, -0.05) is 22.9 Å². The number of hydrogen-bond acceptors (Lipinski definition) is 6. The van der Waals surface area contributed by atoms with Gasteiger partial charge in [0.05, 0.1) is 19.2 Å². The van der Waals surface area contributed by atoms with Crippen molar-refractivity contribution in [2.75, 3.05) is 19.0 Å². The van der Waals surface area contributed by atoms with Crippen LogP contribution < -0.4 is 10.1 Å². The fourth-order valence-electron chi connectivity index (χ4n) is 2.27. The van der Waals surface area contributed by atoms with Crippen LogP contribution >= 0.6 is 22.9 Å². The molecule has 1 aliphatic rings. The number of carbonyl (C=O) groups excluding carboxylic acids is 2. The summed E-state index contributed by atoms with van der Waals surface area (Å²) in [6.45, 7) is 0.287. The summed E-state index contributed by atoms with van der Waals surface area (Å²) < 4.78 is 10.2. The molecule has 0 saturated carbocycles. The van der Waals surface area contributed by atoms with Crippen LogP contribution in [0.2, 0.25) is 5.02 Å². The summed E-state index contributed by atoms with van der Waals surface area (Å²) in [6.07, 6.45) is 1.91. The number of anilines is 1. The van der Waals surface area contributed by atoms with Gasteiger partial charge in [-0.05, 0) is 30.2 Å². The van der Waals surface area contributed by atoms with Crippen LogP contribution in [0, 0.1) is 5.92 Å². The van der Waals surface area contributed by atoms with Crippen molar-refractivity contribution < 1.29 is 19.1 Å². The normalized spacial score (nSPS) is 16.2. The summed E-state index contributed by atoms with van der Waals surface area (Å²) in [6, 6.07) is 5.36. The topological polar surface area (TPSA) is 77.5 Å². The average molecular weight is 353 g/mol. The zero-order valence-corrected chi connectivity index (χ0v) is 13.7. The van der Waals surface area contributed by atoms with Crippen molar-refractivity contribution in [1.29, 1.82) is 0 Å².